The van der Waals surface area contributed by atoms with Gasteiger partial charge in [0.05, 0.1) is 18.9 Å². The first-order valence-electron chi connectivity index (χ1n) is 10.3. The number of furan rings is 1. The van der Waals surface area contributed by atoms with E-state index in [1.165, 1.54) is 0 Å². The molecule has 2 aromatic rings. The Labute approximate surface area is 172 Å². The van der Waals surface area contributed by atoms with Crippen LogP contribution >= 0.6 is 0 Å². The fourth-order valence-corrected chi connectivity index (χ4v) is 3.63. The Bertz CT molecular complexity index is 797. The number of aryl methyl sites for hydroxylation is 1. The van der Waals surface area contributed by atoms with Gasteiger partial charge in [0.25, 0.3) is 5.91 Å². The topological polar surface area (TPSA) is 63.0 Å². The van der Waals surface area contributed by atoms with Gasteiger partial charge in [-0.25, -0.2) is 0 Å². The lowest BCUT2D eigenvalue weighted by Crippen LogP contribution is -2.45. The Morgan fingerprint density at radius 1 is 1.17 bits per heavy atom. The maximum Gasteiger partial charge on any atom is 0.254 e. The summed E-state index contributed by atoms with van der Waals surface area (Å²) in [4.78, 5) is 29.6. The Hall–Kier alpha value is -2.60. The molecule has 3 rings (SSSR count). The number of carbonyl (C=O) groups excluding carboxylic acids is 2. The lowest BCUT2D eigenvalue weighted by atomic mass is 10.1. The van der Waals surface area contributed by atoms with Gasteiger partial charge in [0.1, 0.15) is 12.3 Å². The third kappa shape index (κ3) is 5.94. The number of hydrogen-bond acceptors (Lipinski definition) is 4. The predicted molar refractivity (Wildman–Crippen MR) is 110 cm³/mol. The van der Waals surface area contributed by atoms with Crippen LogP contribution in [0.2, 0.25) is 0 Å². The van der Waals surface area contributed by atoms with Crippen molar-refractivity contribution in [1.82, 2.24) is 9.80 Å². The second-order valence-electron chi connectivity index (χ2n) is 7.58. The molecule has 29 heavy (non-hydrogen) atoms. The lowest BCUT2D eigenvalue weighted by Gasteiger charge is -2.28. The van der Waals surface area contributed by atoms with Gasteiger partial charge >= 0.3 is 0 Å². The van der Waals surface area contributed by atoms with E-state index < -0.39 is 0 Å². The van der Waals surface area contributed by atoms with Gasteiger partial charge in [-0.05, 0) is 50.5 Å². The molecule has 6 heteroatoms. The summed E-state index contributed by atoms with van der Waals surface area (Å²) in [6.45, 7) is 6.18. The van der Waals surface area contributed by atoms with Crippen LogP contribution in [0.5, 0.6) is 0 Å². The molecule has 0 saturated carbocycles. The number of benzene rings is 1. The van der Waals surface area contributed by atoms with Crippen molar-refractivity contribution in [2.75, 3.05) is 26.2 Å². The third-order valence-electron chi connectivity index (χ3n) is 5.10. The highest BCUT2D eigenvalue weighted by Crippen LogP contribution is 2.16. The van der Waals surface area contributed by atoms with Crippen molar-refractivity contribution in [2.24, 2.45) is 0 Å². The molecule has 0 radical (unpaired) electrons. The first-order valence-corrected chi connectivity index (χ1v) is 10.3. The summed E-state index contributed by atoms with van der Waals surface area (Å²) in [7, 11) is 0. The first-order chi connectivity index (χ1) is 14.1. The average molecular weight is 399 g/mol. The van der Waals surface area contributed by atoms with E-state index in [-0.39, 0.29) is 24.5 Å². The summed E-state index contributed by atoms with van der Waals surface area (Å²) < 4.78 is 11.2. The van der Waals surface area contributed by atoms with Gasteiger partial charge in [-0.2, -0.15) is 0 Å². The summed E-state index contributed by atoms with van der Waals surface area (Å²) in [6.07, 6.45) is 4.40. The highest BCUT2D eigenvalue weighted by Gasteiger charge is 2.26. The molecule has 156 valence electrons. The van der Waals surface area contributed by atoms with Crippen LogP contribution in [-0.4, -0.2) is 54.0 Å². The predicted octanol–water partition coefficient (Wildman–Crippen LogP) is 3.65. The van der Waals surface area contributed by atoms with Crippen LogP contribution in [0.25, 0.3) is 0 Å². The van der Waals surface area contributed by atoms with Crippen LogP contribution in [0, 0.1) is 6.92 Å². The molecule has 1 atom stereocenters. The van der Waals surface area contributed by atoms with Crippen molar-refractivity contribution in [2.45, 2.75) is 45.8 Å². The third-order valence-corrected chi connectivity index (χ3v) is 5.10. The number of hydrogen-bond donors (Lipinski definition) is 0. The molecule has 1 aromatic carbocycles. The molecule has 0 bridgehead atoms. The Morgan fingerprint density at radius 2 is 2.03 bits per heavy atom. The van der Waals surface area contributed by atoms with Gasteiger partial charge in [0.2, 0.25) is 5.91 Å². The van der Waals surface area contributed by atoms with Crippen molar-refractivity contribution >= 4 is 11.8 Å². The van der Waals surface area contributed by atoms with E-state index in [2.05, 4.69) is 0 Å². The first kappa shape index (κ1) is 21.1. The van der Waals surface area contributed by atoms with Crippen molar-refractivity contribution in [3.63, 3.8) is 0 Å². The van der Waals surface area contributed by atoms with Crippen molar-refractivity contribution in [1.29, 1.82) is 0 Å². The van der Waals surface area contributed by atoms with Crippen LogP contribution in [-0.2, 0) is 16.1 Å². The van der Waals surface area contributed by atoms with Crippen LogP contribution in [0.3, 0.4) is 0 Å². The highest BCUT2D eigenvalue weighted by atomic mass is 16.5. The molecule has 0 N–H and O–H groups in total. The van der Waals surface area contributed by atoms with E-state index in [1.807, 2.05) is 44.2 Å². The fourth-order valence-electron chi connectivity index (χ4n) is 3.63. The van der Waals surface area contributed by atoms with E-state index in [4.69, 9.17) is 9.15 Å². The molecule has 1 aliphatic heterocycles. The van der Waals surface area contributed by atoms with Crippen molar-refractivity contribution in [3.05, 3.63) is 59.5 Å². The van der Waals surface area contributed by atoms with E-state index in [0.717, 1.165) is 37.2 Å². The Kier molecular flexibility index (Phi) is 7.47. The summed E-state index contributed by atoms with van der Waals surface area (Å²) in [6, 6.07) is 11.2. The van der Waals surface area contributed by atoms with E-state index in [1.54, 1.807) is 22.1 Å². The average Bonchev–Trinajstić information content (AvgIpc) is 3.41. The Morgan fingerprint density at radius 3 is 2.69 bits per heavy atom. The quantitative estimate of drug-likeness (QED) is 0.647. The van der Waals surface area contributed by atoms with Gasteiger partial charge in [-0.3, -0.25) is 9.59 Å². The van der Waals surface area contributed by atoms with Crippen LogP contribution in [0.1, 0.15) is 47.9 Å². The van der Waals surface area contributed by atoms with Gasteiger partial charge in [0.15, 0.2) is 0 Å². The smallest absolute Gasteiger partial charge is 0.254 e. The normalized spacial score (nSPS) is 16.0. The Balaban J connectivity index is 1.72. The zero-order valence-electron chi connectivity index (χ0n) is 17.3. The van der Waals surface area contributed by atoms with Crippen molar-refractivity contribution < 1.29 is 18.7 Å². The van der Waals surface area contributed by atoms with Crippen LogP contribution in [0.4, 0.5) is 0 Å². The maximum atomic E-state index is 13.2. The zero-order chi connectivity index (χ0) is 20.6. The molecular weight excluding hydrogens is 368 g/mol. The van der Waals surface area contributed by atoms with Gasteiger partial charge in [-0.1, -0.05) is 24.6 Å². The standard InChI is InChI=1S/C23H30N2O4/c1-3-11-24(23(27)19-8-4-7-18(2)14-19)17-22(26)25(15-20-9-5-12-28-20)16-21-10-6-13-29-21/h4-5,7-9,12,14,21H,3,6,10-11,13,15-17H2,1-2H3/t21-/m1/s1. The van der Waals surface area contributed by atoms with Gasteiger partial charge in [-0.15, -0.1) is 0 Å². The maximum absolute atomic E-state index is 13.2. The van der Waals surface area contributed by atoms with E-state index in [0.29, 0.717) is 25.2 Å². The van der Waals surface area contributed by atoms with Gasteiger partial charge < -0.3 is 19.0 Å². The second kappa shape index (κ2) is 10.3. The molecule has 2 amide bonds. The summed E-state index contributed by atoms with van der Waals surface area (Å²) in [5, 5.41) is 0. The van der Waals surface area contributed by atoms with Gasteiger partial charge in [0, 0.05) is 25.3 Å². The minimum Gasteiger partial charge on any atom is -0.467 e. The number of nitrogens with zero attached hydrogens (tertiary/aromatic N) is 2. The molecule has 1 aromatic heterocycles. The van der Waals surface area contributed by atoms with Crippen LogP contribution < -0.4 is 0 Å². The fraction of sp³-hybridized carbons (Fsp3) is 0.478. The van der Waals surface area contributed by atoms with Crippen molar-refractivity contribution in [3.8, 4) is 0 Å². The SMILES string of the molecule is CCCN(CC(=O)N(Cc1ccco1)C[C@H]1CCCO1)C(=O)c1cccc(C)c1. The highest BCUT2D eigenvalue weighted by molar-refractivity contribution is 5.96. The molecular formula is C23H30N2O4. The molecule has 6 nitrogen and oxygen atoms in total. The molecule has 1 fully saturated rings. The van der Waals surface area contributed by atoms with E-state index >= 15 is 0 Å². The molecule has 1 saturated heterocycles. The molecule has 0 aliphatic carbocycles. The summed E-state index contributed by atoms with van der Waals surface area (Å²) in [5.41, 5.74) is 1.64. The summed E-state index contributed by atoms with van der Waals surface area (Å²) in [5.74, 6) is 0.522. The number of rotatable bonds is 9. The lowest BCUT2D eigenvalue weighted by molar-refractivity contribution is -0.134. The molecule has 1 aliphatic rings. The minimum atomic E-state index is -0.112. The largest absolute Gasteiger partial charge is 0.467 e. The number of carbonyl (C=O) groups is 2. The monoisotopic (exact) mass is 398 g/mol. The number of amides is 2. The van der Waals surface area contributed by atoms with Crippen LogP contribution in [0.15, 0.2) is 47.1 Å². The molecule has 0 unspecified atom stereocenters. The minimum absolute atomic E-state index is 0.0426. The van der Waals surface area contributed by atoms with E-state index in [9.17, 15) is 9.59 Å². The summed E-state index contributed by atoms with van der Waals surface area (Å²) >= 11 is 0. The zero-order valence-corrected chi connectivity index (χ0v) is 17.3. The molecule has 0 spiro atoms. The second-order valence-corrected chi connectivity index (χ2v) is 7.58. The molecule has 2 heterocycles. The number of ether oxygens (including phenoxy) is 1.